The van der Waals surface area contributed by atoms with Gasteiger partial charge in [0.2, 0.25) is 0 Å². The van der Waals surface area contributed by atoms with Gasteiger partial charge in [-0.15, -0.1) is 0 Å². The Morgan fingerprint density at radius 1 is 1.42 bits per heavy atom. The first-order valence-electron chi connectivity index (χ1n) is 3.63. The molecule has 0 bridgehead atoms. The lowest BCUT2D eigenvalue weighted by atomic mass is 10.0. The molecule has 0 radical (unpaired) electrons. The van der Waals surface area contributed by atoms with Crippen molar-refractivity contribution in [3.8, 4) is 11.5 Å². The number of aromatic hydroxyl groups is 2. The van der Waals surface area contributed by atoms with E-state index in [1.54, 1.807) is 19.1 Å². The summed E-state index contributed by atoms with van der Waals surface area (Å²) in [7, 11) is 0. The minimum absolute atomic E-state index is 0.193. The number of carbonyl (C=O) groups is 1. The van der Waals surface area contributed by atoms with E-state index >= 15 is 0 Å². The molecule has 0 fully saturated rings. The third-order valence-corrected chi connectivity index (χ3v) is 1.74. The van der Waals surface area contributed by atoms with Crippen LogP contribution in [0.2, 0.25) is 0 Å². The Bertz CT molecular complexity index is 294. The molecule has 64 valence electrons. The smallest absolute Gasteiger partial charge is 0.161 e. The summed E-state index contributed by atoms with van der Waals surface area (Å²) >= 11 is 0. The molecule has 0 aliphatic carbocycles. The van der Waals surface area contributed by atoms with Gasteiger partial charge in [0, 0.05) is 11.5 Å². The number of hydrogen-bond acceptors (Lipinski definition) is 3. The molecule has 3 nitrogen and oxygen atoms in total. The molecule has 12 heavy (non-hydrogen) atoms. The molecule has 0 saturated heterocycles. The van der Waals surface area contributed by atoms with E-state index < -0.39 is 5.92 Å². The van der Waals surface area contributed by atoms with Gasteiger partial charge in [-0.05, 0) is 6.07 Å². The second-order valence-corrected chi connectivity index (χ2v) is 2.64. The van der Waals surface area contributed by atoms with Crippen molar-refractivity contribution in [3.63, 3.8) is 0 Å². The SMILES string of the molecule is CC(C=O)c1cccc(O)c1O. The van der Waals surface area contributed by atoms with Crippen LogP contribution in [0.3, 0.4) is 0 Å². The highest BCUT2D eigenvalue weighted by Gasteiger charge is 2.11. The largest absolute Gasteiger partial charge is 0.504 e. The van der Waals surface area contributed by atoms with Crippen LogP contribution < -0.4 is 0 Å². The van der Waals surface area contributed by atoms with Crippen molar-refractivity contribution >= 4 is 6.29 Å². The first kappa shape index (κ1) is 8.59. The molecule has 1 aromatic rings. The number of rotatable bonds is 2. The maximum atomic E-state index is 10.4. The molecular formula is C9H10O3. The average Bonchev–Trinajstić information content (AvgIpc) is 2.08. The van der Waals surface area contributed by atoms with E-state index in [-0.39, 0.29) is 11.5 Å². The second kappa shape index (κ2) is 3.26. The first-order valence-corrected chi connectivity index (χ1v) is 3.63. The molecule has 1 unspecified atom stereocenters. The number of para-hydroxylation sites is 1. The summed E-state index contributed by atoms with van der Waals surface area (Å²) in [4.78, 5) is 10.4. The van der Waals surface area contributed by atoms with Gasteiger partial charge in [0.05, 0.1) is 0 Å². The zero-order valence-electron chi connectivity index (χ0n) is 6.69. The van der Waals surface area contributed by atoms with Crippen LogP contribution in [0.25, 0.3) is 0 Å². The van der Waals surface area contributed by atoms with Gasteiger partial charge >= 0.3 is 0 Å². The standard InChI is InChI=1S/C9H10O3/c1-6(5-10)7-3-2-4-8(11)9(7)12/h2-6,11-12H,1H3. The van der Waals surface area contributed by atoms with Crippen LogP contribution in [0.4, 0.5) is 0 Å². The fraction of sp³-hybridized carbons (Fsp3) is 0.222. The molecule has 0 heterocycles. The lowest BCUT2D eigenvalue weighted by Crippen LogP contribution is -1.94. The molecule has 0 aromatic heterocycles. The van der Waals surface area contributed by atoms with Gasteiger partial charge < -0.3 is 15.0 Å². The van der Waals surface area contributed by atoms with Gasteiger partial charge in [-0.2, -0.15) is 0 Å². The van der Waals surface area contributed by atoms with Crippen molar-refractivity contribution in [1.82, 2.24) is 0 Å². The monoisotopic (exact) mass is 166 g/mol. The Labute approximate surface area is 70.3 Å². The van der Waals surface area contributed by atoms with Crippen molar-refractivity contribution in [3.05, 3.63) is 23.8 Å². The molecule has 1 rings (SSSR count). The summed E-state index contributed by atoms with van der Waals surface area (Å²) in [6.45, 7) is 1.65. The minimum atomic E-state index is -0.392. The second-order valence-electron chi connectivity index (χ2n) is 2.64. The number of benzene rings is 1. The summed E-state index contributed by atoms with van der Waals surface area (Å²) in [5, 5.41) is 18.4. The van der Waals surface area contributed by atoms with Crippen LogP contribution in [0, 0.1) is 0 Å². The van der Waals surface area contributed by atoms with Crippen molar-refractivity contribution in [2.24, 2.45) is 0 Å². The van der Waals surface area contributed by atoms with E-state index in [2.05, 4.69) is 0 Å². The zero-order valence-corrected chi connectivity index (χ0v) is 6.69. The van der Waals surface area contributed by atoms with E-state index in [0.717, 1.165) is 0 Å². The number of hydrogen-bond donors (Lipinski definition) is 2. The Morgan fingerprint density at radius 3 is 2.67 bits per heavy atom. The Hall–Kier alpha value is -1.51. The fourth-order valence-electron chi connectivity index (χ4n) is 0.989. The van der Waals surface area contributed by atoms with Crippen LogP contribution in [0.15, 0.2) is 18.2 Å². The Morgan fingerprint density at radius 2 is 2.08 bits per heavy atom. The lowest BCUT2D eigenvalue weighted by Gasteiger charge is -2.07. The molecule has 0 aliphatic rings. The van der Waals surface area contributed by atoms with Crippen LogP contribution in [-0.2, 0) is 4.79 Å². The maximum Gasteiger partial charge on any atom is 0.161 e. The van der Waals surface area contributed by atoms with Gasteiger partial charge in [0.15, 0.2) is 11.5 Å². The topological polar surface area (TPSA) is 57.5 Å². The zero-order chi connectivity index (χ0) is 9.14. The summed E-state index contributed by atoms with van der Waals surface area (Å²) < 4.78 is 0. The van der Waals surface area contributed by atoms with Gasteiger partial charge in [-0.25, -0.2) is 0 Å². The number of phenolic OH excluding ortho intramolecular Hbond substituents is 2. The summed E-state index contributed by atoms with van der Waals surface area (Å²) in [6, 6.07) is 4.56. The molecular weight excluding hydrogens is 156 g/mol. The van der Waals surface area contributed by atoms with Crippen LogP contribution in [-0.4, -0.2) is 16.5 Å². The average molecular weight is 166 g/mol. The normalized spacial score (nSPS) is 12.4. The third kappa shape index (κ3) is 1.39. The highest BCUT2D eigenvalue weighted by Crippen LogP contribution is 2.32. The van der Waals surface area contributed by atoms with Crippen LogP contribution in [0.5, 0.6) is 11.5 Å². The van der Waals surface area contributed by atoms with Crippen LogP contribution in [0.1, 0.15) is 18.4 Å². The Kier molecular flexibility index (Phi) is 2.33. The van der Waals surface area contributed by atoms with E-state index in [0.29, 0.717) is 11.8 Å². The third-order valence-electron chi connectivity index (χ3n) is 1.74. The molecule has 0 amide bonds. The molecule has 0 aliphatic heterocycles. The van der Waals surface area contributed by atoms with E-state index in [4.69, 9.17) is 5.11 Å². The highest BCUT2D eigenvalue weighted by atomic mass is 16.3. The maximum absolute atomic E-state index is 10.4. The minimum Gasteiger partial charge on any atom is -0.504 e. The summed E-state index contributed by atoms with van der Waals surface area (Å²) in [5.41, 5.74) is 0.449. The molecule has 1 atom stereocenters. The number of phenols is 2. The molecule has 0 saturated carbocycles. The molecule has 0 spiro atoms. The van der Waals surface area contributed by atoms with E-state index in [9.17, 15) is 9.90 Å². The summed E-state index contributed by atoms with van der Waals surface area (Å²) in [5.74, 6) is -0.796. The summed E-state index contributed by atoms with van der Waals surface area (Å²) in [6.07, 6.45) is 0.717. The van der Waals surface area contributed by atoms with Crippen molar-refractivity contribution < 1.29 is 15.0 Å². The van der Waals surface area contributed by atoms with Gasteiger partial charge in [0.1, 0.15) is 6.29 Å². The molecule has 2 N–H and O–H groups in total. The van der Waals surface area contributed by atoms with Gasteiger partial charge in [-0.3, -0.25) is 0 Å². The van der Waals surface area contributed by atoms with E-state index in [1.807, 2.05) is 0 Å². The number of carbonyl (C=O) groups excluding carboxylic acids is 1. The lowest BCUT2D eigenvalue weighted by molar-refractivity contribution is -0.108. The molecule has 3 heteroatoms. The highest BCUT2D eigenvalue weighted by molar-refractivity contribution is 5.65. The van der Waals surface area contributed by atoms with Crippen molar-refractivity contribution in [1.29, 1.82) is 0 Å². The van der Waals surface area contributed by atoms with Gasteiger partial charge in [-0.1, -0.05) is 19.1 Å². The predicted molar refractivity (Wildman–Crippen MR) is 44.3 cm³/mol. The van der Waals surface area contributed by atoms with Crippen molar-refractivity contribution in [2.75, 3.05) is 0 Å². The first-order chi connectivity index (χ1) is 5.66. The number of aldehydes is 1. The van der Waals surface area contributed by atoms with E-state index in [1.165, 1.54) is 6.07 Å². The van der Waals surface area contributed by atoms with Gasteiger partial charge in [0.25, 0.3) is 0 Å². The quantitative estimate of drug-likeness (QED) is 0.515. The van der Waals surface area contributed by atoms with Crippen molar-refractivity contribution in [2.45, 2.75) is 12.8 Å². The fourth-order valence-corrected chi connectivity index (χ4v) is 0.989. The predicted octanol–water partition coefficient (Wildman–Crippen LogP) is 1.40. The molecule has 1 aromatic carbocycles. The Balaban J connectivity index is 3.15. The van der Waals surface area contributed by atoms with Crippen LogP contribution >= 0.6 is 0 Å².